The van der Waals surface area contributed by atoms with Crippen molar-refractivity contribution >= 4 is 22.6 Å². The Balaban J connectivity index is 2.09. The van der Waals surface area contributed by atoms with E-state index in [9.17, 15) is 14.7 Å². The Morgan fingerprint density at radius 1 is 1.04 bits per heavy atom. The predicted molar refractivity (Wildman–Crippen MR) is 95.8 cm³/mol. The van der Waals surface area contributed by atoms with Crippen molar-refractivity contribution < 1.29 is 14.7 Å². The van der Waals surface area contributed by atoms with E-state index < -0.39 is 12.0 Å². The molecular weight excluding hydrogens is 302 g/mol. The van der Waals surface area contributed by atoms with Crippen LogP contribution < -0.4 is 5.32 Å². The Morgan fingerprint density at radius 3 is 2.38 bits per heavy atom. The molecule has 4 nitrogen and oxygen atoms in total. The standard InChI is InChI=1S/C20H25NO3/c1-13(2)11-18(20(23)24)21-19(22)14(3)12-16-9-6-8-15-7-4-5-10-17(15)16/h4-10,13-14,18H,11-12H2,1-3H3,(H,21,22)(H,23,24)/t14-,18-/m0/s1. The molecule has 0 radical (unpaired) electrons. The van der Waals surface area contributed by atoms with Crippen LogP contribution in [0.2, 0.25) is 0 Å². The van der Waals surface area contributed by atoms with Crippen molar-refractivity contribution in [3.05, 3.63) is 48.0 Å². The van der Waals surface area contributed by atoms with Gasteiger partial charge in [-0.2, -0.15) is 0 Å². The lowest BCUT2D eigenvalue weighted by Gasteiger charge is -2.19. The fourth-order valence-corrected chi connectivity index (χ4v) is 2.90. The summed E-state index contributed by atoms with van der Waals surface area (Å²) < 4.78 is 0. The van der Waals surface area contributed by atoms with Gasteiger partial charge in [-0.25, -0.2) is 4.79 Å². The molecule has 24 heavy (non-hydrogen) atoms. The second-order valence-electron chi connectivity index (χ2n) is 6.77. The summed E-state index contributed by atoms with van der Waals surface area (Å²) in [6, 6.07) is 13.3. The third-order valence-electron chi connectivity index (χ3n) is 4.18. The number of carboxylic acids is 1. The summed E-state index contributed by atoms with van der Waals surface area (Å²) >= 11 is 0. The first-order valence-electron chi connectivity index (χ1n) is 8.38. The van der Waals surface area contributed by atoms with Gasteiger partial charge in [-0.05, 0) is 35.1 Å². The molecule has 2 rings (SSSR count). The maximum absolute atomic E-state index is 12.4. The molecule has 0 saturated heterocycles. The lowest BCUT2D eigenvalue weighted by atomic mass is 9.95. The highest BCUT2D eigenvalue weighted by molar-refractivity contribution is 5.88. The molecule has 0 fully saturated rings. The van der Waals surface area contributed by atoms with Gasteiger partial charge in [-0.15, -0.1) is 0 Å². The minimum absolute atomic E-state index is 0.208. The summed E-state index contributed by atoms with van der Waals surface area (Å²) in [6.45, 7) is 5.73. The zero-order valence-corrected chi connectivity index (χ0v) is 14.5. The molecule has 0 spiro atoms. The number of carbonyl (C=O) groups is 2. The third kappa shape index (κ3) is 4.57. The molecule has 2 aromatic carbocycles. The van der Waals surface area contributed by atoms with Crippen molar-refractivity contribution in [1.29, 1.82) is 0 Å². The number of aliphatic carboxylic acids is 1. The molecule has 0 aliphatic rings. The lowest BCUT2D eigenvalue weighted by Crippen LogP contribution is -2.44. The lowest BCUT2D eigenvalue weighted by molar-refractivity contribution is -0.142. The third-order valence-corrected chi connectivity index (χ3v) is 4.18. The van der Waals surface area contributed by atoms with Crippen LogP contribution >= 0.6 is 0 Å². The van der Waals surface area contributed by atoms with E-state index in [1.165, 1.54) is 0 Å². The maximum atomic E-state index is 12.4. The van der Waals surface area contributed by atoms with Crippen LogP contribution in [0, 0.1) is 11.8 Å². The van der Waals surface area contributed by atoms with Crippen molar-refractivity contribution in [2.24, 2.45) is 11.8 Å². The molecule has 4 heteroatoms. The van der Waals surface area contributed by atoms with Crippen molar-refractivity contribution in [1.82, 2.24) is 5.32 Å². The number of carbonyl (C=O) groups excluding carboxylic acids is 1. The smallest absolute Gasteiger partial charge is 0.326 e. The number of fused-ring (bicyclic) bond motifs is 1. The van der Waals surface area contributed by atoms with Crippen LogP contribution in [-0.4, -0.2) is 23.0 Å². The number of benzene rings is 2. The van der Waals surface area contributed by atoms with Crippen LogP contribution in [0.4, 0.5) is 0 Å². The molecule has 1 amide bonds. The maximum Gasteiger partial charge on any atom is 0.326 e. The molecule has 0 saturated carbocycles. The fraction of sp³-hybridized carbons (Fsp3) is 0.400. The molecule has 2 atom stereocenters. The minimum Gasteiger partial charge on any atom is -0.480 e. The second kappa shape index (κ2) is 7.95. The van der Waals surface area contributed by atoms with E-state index in [-0.39, 0.29) is 17.7 Å². The Bertz CT molecular complexity index is 718. The van der Waals surface area contributed by atoms with Gasteiger partial charge in [0.05, 0.1) is 0 Å². The predicted octanol–water partition coefficient (Wildman–Crippen LogP) is 3.63. The zero-order chi connectivity index (χ0) is 17.7. The number of hydrogen-bond acceptors (Lipinski definition) is 2. The number of rotatable bonds is 7. The molecule has 0 bridgehead atoms. The second-order valence-corrected chi connectivity index (χ2v) is 6.77. The van der Waals surface area contributed by atoms with E-state index in [0.29, 0.717) is 12.8 Å². The van der Waals surface area contributed by atoms with Crippen LogP contribution in [0.15, 0.2) is 42.5 Å². The average molecular weight is 327 g/mol. The van der Waals surface area contributed by atoms with Crippen LogP contribution in [0.3, 0.4) is 0 Å². The summed E-state index contributed by atoms with van der Waals surface area (Å²) in [6.07, 6.45) is 1.02. The van der Waals surface area contributed by atoms with E-state index >= 15 is 0 Å². The summed E-state index contributed by atoms with van der Waals surface area (Å²) in [5.74, 6) is -1.27. The normalized spacial score (nSPS) is 13.7. The summed E-state index contributed by atoms with van der Waals surface area (Å²) in [5.41, 5.74) is 1.10. The topological polar surface area (TPSA) is 66.4 Å². The molecular formula is C20H25NO3. The van der Waals surface area contributed by atoms with Crippen LogP contribution in [-0.2, 0) is 16.0 Å². The minimum atomic E-state index is -0.977. The molecule has 2 N–H and O–H groups in total. The van der Waals surface area contributed by atoms with Gasteiger partial charge in [0.15, 0.2) is 0 Å². The van der Waals surface area contributed by atoms with Crippen molar-refractivity contribution in [2.45, 2.75) is 39.7 Å². The monoisotopic (exact) mass is 327 g/mol. The first kappa shape index (κ1) is 18.0. The van der Waals surface area contributed by atoms with Gasteiger partial charge in [0.2, 0.25) is 5.91 Å². The van der Waals surface area contributed by atoms with Crippen molar-refractivity contribution in [3.8, 4) is 0 Å². The van der Waals surface area contributed by atoms with Crippen molar-refractivity contribution in [3.63, 3.8) is 0 Å². The Kier molecular flexibility index (Phi) is 5.96. The highest BCUT2D eigenvalue weighted by Gasteiger charge is 2.24. The molecule has 128 valence electrons. The largest absolute Gasteiger partial charge is 0.480 e. The van der Waals surface area contributed by atoms with Gasteiger partial charge in [-0.1, -0.05) is 63.2 Å². The Hall–Kier alpha value is -2.36. The first-order chi connectivity index (χ1) is 11.4. The van der Waals surface area contributed by atoms with Crippen LogP contribution in [0.1, 0.15) is 32.8 Å². The van der Waals surface area contributed by atoms with E-state index in [1.54, 1.807) is 0 Å². The van der Waals surface area contributed by atoms with Gasteiger partial charge in [0.1, 0.15) is 6.04 Å². The molecule has 0 aromatic heterocycles. The fourth-order valence-electron chi connectivity index (χ4n) is 2.90. The van der Waals surface area contributed by atoms with Gasteiger partial charge in [0, 0.05) is 5.92 Å². The van der Waals surface area contributed by atoms with Gasteiger partial charge in [0.25, 0.3) is 0 Å². The molecule has 0 aliphatic carbocycles. The van der Waals surface area contributed by atoms with Crippen molar-refractivity contribution in [2.75, 3.05) is 0 Å². The first-order valence-corrected chi connectivity index (χ1v) is 8.38. The molecule has 0 unspecified atom stereocenters. The highest BCUT2D eigenvalue weighted by Crippen LogP contribution is 2.21. The number of hydrogen-bond donors (Lipinski definition) is 2. The van der Waals surface area contributed by atoms with Gasteiger partial charge in [-0.3, -0.25) is 4.79 Å². The van der Waals surface area contributed by atoms with Crippen LogP contribution in [0.5, 0.6) is 0 Å². The van der Waals surface area contributed by atoms with Crippen LogP contribution in [0.25, 0.3) is 10.8 Å². The number of nitrogens with one attached hydrogen (secondary N) is 1. The van der Waals surface area contributed by atoms with E-state index in [4.69, 9.17) is 0 Å². The SMILES string of the molecule is CC(C)C[C@H](NC(=O)[C@@H](C)Cc1cccc2ccccc12)C(=O)O. The number of amides is 1. The molecule has 2 aromatic rings. The summed E-state index contributed by atoms with van der Waals surface area (Å²) in [5, 5.41) is 14.2. The van der Waals surface area contributed by atoms with E-state index in [0.717, 1.165) is 16.3 Å². The number of carboxylic acid groups (broad SMARTS) is 1. The Morgan fingerprint density at radius 2 is 1.71 bits per heavy atom. The summed E-state index contributed by atoms with van der Waals surface area (Å²) in [7, 11) is 0. The van der Waals surface area contributed by atoms with E-state index in [1.807, 2.05) is 63.2 Å². The zero-order valence-electron chi connectivity index (χ0n) is 14.5. The van der Waals surface area contributed by atoms with Gasteiger partial charge >= 0.3 is 5.97 Å². The van der Waals surface area contributed by atoms with E-state index in [2.05, 4.69) is 5.32 Å². The molecule has 0 aliphatic heterocycles. The molecule has 0 heterocycles. The Labute approximate surface area is 142 Å². The summed E-state index contributed by atoms with van der Waals surface area (Å²) in [4.78, 5) is 23.7. The quantitative estimate of drug-likeness (QED) is 0.816. The highest BCUT2D eigenvalue weighted by atomic mass is 16.4. The average Bonchev–Trinajstić information content (AvgIpc) is 2.54. The van der Waals surface area contributed by atoms with Gasteiger partial charge < -0.3 is 10.4 Å².